The summed E-state index contributed by atoms with van der Waals surface area (Å²) in [4.78, 5) is 12.6. The third kappa shape index (κ3) is 3.70. The molecule has 2 amide bonds. The van der Waals surface area contributed by atoms with Crippen molar-refractivity contribution in [2.24, 2.45) is 23.7 Å². The molecule has 142 valence electrons. The van der Waals surface area contributed by atoms with Crippen molar-refractivity contribution < 1.29 is 9.53 Å². The van der Waals surface area contributed by atoms with Crippen molar-refractivity contribution in [2.45, 2.75) is 71.1 Å². The molecule has 4 aliphatic rings. The van der Waals surface area contributed by atoms with Gasteiger partial charge in [-0.2, -0.15) is 0 Å². The smallest absolute Gasteiger partial charge is 0.315 e. The summed E-state index contributed by atoms with van der Waals surface area (Å²) in [6, 6.07) is 8.37. The number of carbonyl (C=O) groups is 1. The summed E-state index contributed by atoms with van der Waals surface area (Å²) in [6.45, 7) is 6.08. The first-order chi connectivity index (χ1) is 12.5. The Balaban J connectivity index is 1.32. The Morgan fingerprint density at radius 1 is 0.962 bits per heavy atom. The Bertz CT molecular complexity index is 612. The number of urea groups is 1. The third-order valence-electron chi connectivity index (χ3n) is 6.62. The van der Waals surface area contributed by atoms with Gasteiger partial charge in [0.1, 0.15) is 5.75 Å². The molecule has 0 radical (unpaired) electrons. The highest BCUT2D eigenvalue weighted by Crippen LogP contribution is 2.53. The van der Waals surface area contributed by atoms with E-state index in [1.807, 2.05) is 45.0 Å². The molecule has 0 spiro atoms. The van der Waals surface area contributed by atoms with Crippen molar-refractivity contribution in [1.29, 1.82) is 0 Å². The van der Waals surface area contributed by atoms with Crippen LogP contribution in [0.4, 0.5) is 4.79 Å². The van der Waals surface area contributed by atoms with Gasteiger partial charge in [0.15, 0.2) is 0 Å². The van der Waals surface area contributed by atoms with Crippen LogP contribution < -0.4 is 15.4 Å². The maximum atomic E-state index is 12.6. The molecule has 0 aromatic heterocycles. The summed E-state index contributed by atoms with van der Waals surface area (Å²) < 4.78 is 5.69. The lowest BCUT2D eigenvalue weighted by Crippen LogP contribution is -2.57. The SMILES string of the molecule is CC(C)Oc1ccc(C(C)NC(=O)NC2C3CC4CC(C3)CC2C4)cc1. The molecule has 4 nitrogen and oxygen atoms in total. The molecule has 2 N–H and O–H groups in total. The first kappa shape index (κ1) is 17.7. The van der Waals surface area contributed by atoms with Crippen LogP contribution >= 0.6 is 0 Å². The van der Waals surface area contributed by atoms with Gasteiger partial charge in [-0.05, 0) is 94.2 Å². The van der Waals surface area contributed by atoms with E-state index in [4.69, 9.17) is 4.74 Å². The van der Waals surface area contributed by atoms with Crippen LogP contribution in [0.2, 0.25) is 0 Å². The molecule has 1 atom stereocenters. The first-order valence-corrected chi connectivity index (χ1v) is 10.3. The quantitative estimate of drug-likeness (QED) is 0.806. The van der Waals surface area contributed by atoms with Crippen molar-refractivity contribution in [1.82, 2.24) is 10.6 Å². The second kappa shape index (κ2) is 7.13. The van der Waals surface area contributed by atoms with Crippen molar-refractivity contribution in [2.75, 3.05) is 0 Å². The van der Waals surface area contributed by atoms with Crippen molar-refractivity contribution in [3.05, 3.63) is 29.8 Å². The second-order valence-corrected chi connectivity index (χ2v) is 9.03. The van der Waals surface area contributed by atoms with E-state index in [2.05, 4.69) is 10.6 Å². The predicted octanol–water partition coefficient (Wildman–Crippen LogP) is 4.66. The summed E-state index contributed by atoms with van der Waals surface area (Å²) in [7, 11) is 0. The minimum absolute atomic E-state index is 0.0140. The standard InChI is InChI=1S/C22H32N2O2/c1-13(2)26-20-6-4-17(5-7-20)14(3)23-22(25)24-21-18-9-15-8-16(11-18)12-19(21)10-15/h4-7,13-16,18-19,21H,8-12H2,1-3H3,(H2,23,24,25). The molecule has 5 rings (SSSR count). The molecule has 1 aromatic rings. The summed E-state index contributed by atoms with van der Waals surface area (Å²) in [5, 5.41) is 6.45. The van der Waals surface area contributed by atoms with E-state index in [-0.39, 0.29) is 18.2 Å². The zero-order valence-electron chi connectivity index (χ0n) is 16.2. The fourth-order valence-corrected chi connectivity index (χ4v) is 5.74. The van der Waals surface area contributed by atoms with Crippen molar-refractivity contribution in [3.8, 4) is 5.75 Å². The molecular weight excluding hydrogens is 324 g/mol. The van der Waals surface area contributed by atoms with Gasteiger partial charge in [0.05, 0.1) is 12.1 Å². The van der Waals surface area contributed by atoms with Gasteiger partial charge < -0.3 is 15.4 Å². The summed E-state index contributed by atoms with van der Waals surface area (Å²) in [5.74, 6) is 4.15. The fraction of sp³-hybridized carbons (Fsp3) is 0.682. The molecule has 4 bridgehead atoms. The average molecular weight is 357 g/mol. The monoisotopic (exact) mass is 356 g/mol. The molecule has 4 saturated carbocycles. The van der Waals surface area contributed by atoms with Gasteiger partial charge in [0, 0.05) is 6.04 Å². The first-order valence-electron chi connectivity index (χ1n) is 10.3. The lowest BCUT2D eigenvalue weighted by atomic mass is 9.54. The molecule has 0 heterocycles. The molecular formula is C22H32N2O2. The minimum atomic E-state index is -0.0162. The van der Waals surface area contributed by atoms with Gasteiger partial charge in [-0.3, -0.25) is 0 Å². The highest BCUT2D eigenvalue weighted by Gasteiger charge is 2.48. The number of amides is 2. The van der Waals surface area contributed by atoms with Crippen LogP contribution in [0.3, 0.4) is 0 Å². The summed E-state index contributed by atoms with van der Waals surface area (Å²) in [6.07, 6.45) is 6.91. The summed E-state index contributed by atoms with van der Waals surface area (Å²) >= 11 is 0. The van der Waals surface area contributed by atoms with Gasteiger partial charge >= 0.3 is 6.03 Å². The predicted molar refractivity (Wildman–Crippen MR) is 103 cm³/mol. The molecule has 26 heavy (non-hydrogen) atoms. The van der Waals surface area contributed by atoms with E-state index in [0.717, 1.165) is 23.1 Å². The number of hydrogen-bond acceptors (Lipinski definition) is 2. The van der Waals surface area contributed by atoms with Crippen LogP contribution in [0, 0.1) is 23.7 Å². The Morgan fingerprint density at radius 3 is 2.08 bits per heavy atom. The van der Waals surface area contributed by atoms with E-state index in [1.165, 1.54) is 32.1 Å². The number of hydrogen-bond donors (Lipinski definition) is 2. The van der Waals surface area contributed by atoms with E-state index in [9.17, 15) is 4.79 Å². The van der Waals surface area contributed by atoms with Gasteiger partial charge in [-0.1, -0.05) is 12.1 Å². The molecule has 1 unspecified atom stereocenters. The number of ether oxygens (including phenoxy) is 1. The molecule has 4 fully saturated rings. The fourth-order valence-electron chi connectivity index (χ4n) is 5.74. The molecule has 1 aromatic carbocycles. The molecule has 0 aliphatic heterocycles. The van der Waals surface area contributed by atoms with Crippen LogP contribution in [-0.4, -0.2) is 18.2 Å². The van der Waals surface area contributed by atoms with Gasteiger partial charge in [-0.15, -0.1) is 0 Å². The normalized spacial score (nSPS) is 33.2. The Hall–Kier alpha value is -1.71. The Kier molecular flexibility index (Phi) is 4.85. The molecule has 4 heteroatoms. The van der Waals surface area contributed by atoms with Crippen LogP contribution in [0.5, 0.6) is 5.75 Å². The minimum Gasteiger partial charge on any atom is -0.491 e. The van der Waals surface area contributed by atoms with Crippen molar-refractivity contribution in [3.63, 3.8) is 0 Å². The van der Waals surface area contributed by atoms with Crippen LogP contribution in [0.25, 0.3) is 0 Å². The zero-order valence-corrected chi connectivity index (χ0v) is 16.2. The van der Waals surface area contributed by atoms with Crippen LogP contribution in [0.1, 0.15) is 64.5 Å². The number of carbonyl (C=O) groups excluding carboxylic acids is 1. The molecule has 0 saturated heterocycles. The van der Waals surface area contributed by atoms with Crippen LogP contribution in [0.15, 0.2) is 24.3 Å². The third-order valence-corrected chi connectivity index (χ3v) is 6.62. The average Bonchev–Trinajstić information content (AvgIpc) is 2.57. The topological polar surface area (TPSA) is 50.4 Å². The van der Waals surface area contributed by atoms with Gasteiger partial charge in [-0.25, -0.2) is 4.79 Å². The highest BCUT2D eigenvalue weighted by atomic mass is 16.5. The second-order valence-electron chi connectivity index (χ2n) is 9.03. The number of benzene rings is 1. The maximum Gasteiger partial charge on any atom is 0.315 e. The maximum absolute atomic E-state index is 12.6. The summed E-state index contributed by atoms with van der Waals surface area (Å²) in [5.41, 5.74) is 1.10. The highest BCUT2D eigenvalue weighted by molar-refractivity contribution is 5.75. The van der Waals surface area contributed by atoms with E-state index < -0.39 is 0 Å². The lowest BCUT2D eigenvalue weighted by molar-refractivity contribution is -0.00950. The van der Waals surface area contributed by atoms with Crippen molar-refractivity contribution >= 4 is 6.03 Å². The number of nitrogens with one attached hydrogen (secondary N) is 2. The molecule has 4 aliphatic carbocycles. The van der Waals surface area contributed by atoms with E-state index in [1.54, 1.807) is 0 Å². The van der Waals surface area contributed by atoms with Gasteiger partial charge in [0.2, 0.25) is 0 Å². The van der Waals surface area contributed by atoms with E-state index >= 15 is 0 Å². The zero-order chi connectivity index (χ0) is 18.3. The number of rotatable bonds is 5. The lowest BCUT2D eigenvalue weighted by Gasteiger charge is -2.54. The van der Waals surface area contributed by atoms with E-state index in [0.29, 0.717) is 17.9 Å². The largest absolute Gasteiger partial charge is 0.491 e. The van der Waals surface area contributed by atoms with Gasteiger partial charge in [0.25, 0.3) is 0 Å². The Labute approximate surface area is 157 Å². The van der Waals surface area contributed by atoms with Crippen LogP contribution in [-0.2, 0) is 0 Å². The Morgan fingerprint density at radius 2 is 1.54 bits per heavy atom.